The van der Waals surface area contributed by atoms with Crippen molar-refractivity contribution >= 4 is 9.84 Å². The van der Waals surface area contributed by atoms with E-state index >= 15 is 0 Å². The van der Waals surface area contributed by atoms with Gasteiger partial charge < -0.3 is 4.74 Å². The SMILES string of the molecule is COCC(C)(C)S(=O)(=O)CC1(C)CCCCC1. The Morgan fingerprint density at radius 3 is 2.18 bits per heavy atom. The third-order valence-corrected chi connectivity index (χ3v) is 6.81. The van der Waals surface area contributed by atoms with E-state index in [1.165, 1.54) is 6.42 Å². The van der Waals surface area contributed by atoms with Gasteiger partial charge in [-0.15, -0.1) is 0 Å². The van der Waals surface area contributed by atoms with Crippen molar-refractivity contribution in [2.75, 3.05) is 19.5 Å². The zero-order chi connectivity index (χ0) is 13.2. The Labute approximate surface area is 106 Å². The summed E-state index contributed by atoms with van der Waals surface area (Å²) in [5.74, 6) is 0.302. The van der Waals surface area contributed by atoms with Crippen molar-refractivity contribution in [3.8, 4) is 0 Å². The van der Waals surface area contributed by atoms with Crippen LogP contribution >= 0.6 is 0 Å². The second-order valence-corrected chi connectivity index (χ2v) is 8.95. The smallest absolute Gasteiger partial charge is 0.158 e. The predicted octanol–water partition coefficient (Wildman–Crippen LogP) is 2.80. The molecular formula is C13H26O3S. The summed E-state index contributed by atoms with van der Waals surface area (Å²) in [5.41, 5.74) is -0.0257. The summed E-state index contributed by atoms with van der Waals surface area (Å²) in [6, 6.07) is 0. The molecule has 1 rings (SSSR count). The molecule has 0 N–H and O–H groups in total. The van der Waals surface area contributed by atoms with Crippen LogP contribution in [0.3, 0.4) is 0 Å². The van der Waals surface area contributed by atoms with Gasteiger partial charge in [0.2, 0.25) is 0 Å². The molecule has 0 bridgehead atoms. The Balaban J connectivity index is 2.78. The van der Waals surface area contributed by atoms with Gasteiger partial charge in [0.15, 0.2) is 9.84 Å². The van der Waals surface area contributed by atoms with Gasteiger partial charge >= 0.3 is 0 Å². The van der Waals surface area contributed by atoms with Crippen molar-refractivity contribution in [3.63, 3.8) is 0 Å². The van der Waals surface area contributed by atoms with Crippen molar-refractivity contribution in [1.29, 1.82) is 0 Å². The maximum atomic E-state index is 12.4. The second-order valence-electron chi connectivity index (χ2n) is 6.32. The zero-order valence-electron chi connectivity index (χ0n) is 11.6. The molecule has 1 fully saturated rings. The third-order valence-electron chi connectivity index (χ3n) is 3.93. The zero-order valence-corrected chi connectivity index (χ0v) is 12.4. The molecule has 0 heterocycles. The van der Waals surface area contributed by atoms with Crippen molar-refractivity contribution < 1.29 is 13.2 Å². The maximum absolute atomic E-state index is 12.4. The number of sulfone groups is 1. The van der Waals surface area contributed by atoms with Crippen molar-refractivity contribution in [3.05, 3.63) is 0 Å². The first-order chi connectivity index (χ1) is 7.72. The fourth-order valence-electron chi connectivity index (χ4n) is 2.64. The maximum Gasteiger partial charge on any atom is 0.158 e. The van der Waals surface area contributed by atoms with Crippen LogP contribution in [-0.2, 0) is 14.6 Å². The topological polar surface area (TPSA) is 43.4 Å². The number of ether oxygens (including phenoxy) is 1. The normalized spacial score (nSPS) is 21.4. The first kappa shape index (κ1) is 15.0. The third kappa shape index (κ3) is 3.68. The molecular weight excluding hydrogens is 236 g/mol. The number of hydrogen-bond donors (Lipinski definition) is 0. The number of methoxy groups -OCH3 is 1. The van der Waals surface area contributed by atoms with E-state index in [1.54, 1.807) is 21.0 Å². The summed E-state index contributed by atoms with van der Waals surface area (Å²) >= 11 is 0. The van der Waals surface area contributed by atoms with Gasteiger partial charge in [-0.05, 0) is 32.1 Å². The van der Waals surface area contributed by atoms with E-state index in [1.807, 2.05) is 0 Å². The van der Waals surface area contributed by atoms with E-state index in [4.69, 9.17) is 4.74 Å². The minimum Gasteiger partial charge on any atom is -0.383 e. The van der Waals surface area contributed by atoms with Crippen molar-refractivity contribution in [2.45, 2.75) is 57.6 Å². The van der Waals surface area contributed by atoms with Gasteiger partial charge in [-0.25, -0.2) is 8.42 Å². The van der Waals surface area contributed by atoms with E-state index < -0.39 is 14.6 Å². The lowest BCUT2D eigenvalue weighted by atomic mass is 9.77. The lowest BCUT2D eigenvalue weighted by Crippen LogP contribution is -2.43. The highest BCUT2D eigenvalue weighted by Crippen LogP contribution is 2.38. The molecule has 0 spiro atoms. The average Bonchev–Trinajstić information content (AvgIpc) is 2.16. The fourth-order valence-corrected chi connectivity index (χ4v) is 4.54. The molecule has 17 heavy (non-hydrogen) atoms. The van der Waals surface area contributed by atoms with Gasteiger partial charge in [-0.1, -0.05) is 26.2 Å². The van der Waals surface area contributed by atoms with Crippen LogP contribution in [0.2, 0.25) is 0 Å². The molecule has 0 aliphatic heterocycles. The summed E-state index contributed by atoms with van der Waals surface area (Å²) in [6.07, 6.45) is 5.65. The van der Waals surface area contributed by atoms with Gasteiger partial charge in [0.25, 0.3) is 0 Å². The summed E-state index contributed by atoms with van der Waals surface area (Å²) < 4.78 is 29.1. The summed E-state index contributed by atoms with van der Waals surface area (Å²) in [5, 5.41) is 0. The molecule has 1 aliphatic carbocycles. The van der Waals surface area contributed by atoms with Gasteiger partial charge in [-0.2, -0.15) is 0 Å². The van der Waals surface area contributed by atoms with E-state index in [9.17, 15) is 8.42 Å². The first-order valence-electron chi connectivity index (χ1n) is 6.44. The molecule has 0 aromatic heterocycles. The summed E-state index contributed by atoms with van der Waals surface area (Å²) in [6.45, 7) is 5.91. The number of rotatable bonds is 5. The Kier molecular flexibility index (Phi) is 4.64. The fraction of sp³-hybridized carbons (Fsp3) is 1.00. The van der Waals surface area contributed by atoms with E-state index in [0.29, 0.717) is 5.75 Å². The van der Waals surface area contributed by atoms with Crippen LogP contribution in [0.4, 0.5) is 0 Å². The van der Waals surface area contributed by atoms with Crippen LogP contribution in [-0.4, -0.2) is 32.6 Å². The molecule has 1 saturated carbocycles. The van der Waals surface area contributed by atoms with Gasteiger partial charge in [0.05, 0.1) is 17.1 Å². The molecule has 0 atom stereocenters. The molecule has 0 aromatic carbocycles. The molecule has 3 nitrogen and oxygen atoms in total. The van der Waals surface area contributed by atoms with Gasteiger partial charge in [0.1, 0.15) is 0 Å². The molecule has 4 heteroatoms. The Bertz CT molecular complexity index is 338. The molecule has 1 aliphatic rings. The molecule has 102 valence electrons. The first-order valence-corrected chi connectivity index (χ1v) is 8.09. The minimum atomic E-state index is -3.11. The molecule has 0 unspecified atom stereocenters. The summed E-state index contributed by atoms with van der Waals surface area (Å²) in [7, 11) is -1.55. The quantitative estimate of drug-likeness (QED) is 0.765. The molecule has 0 radical (unpaired) electrons. The monoisotopic (exact) mass is 262 g/mol. The van der Waals surface area contributed by atoms with Gasteiger partial charge in [-0.3, -0.25) is 0 Å². The van der Waals surface area contributed by atoms with E-state index in [-0.39, 0.29) is 12.0 Å². The lowest BCUT2D eigenvalue weighted by Gasteiger charge is -2.36. The lowest BCUT2D eigenvalue weighted by molar-refractivity contribution is 0.173. The molecule has 0 saturated heterocycles. The van der Waals surface area contributed by atoms with Crippen LogP contribution in [0.25, 0.3) is 0 Å². The van der Waals surface area contributed by atoms with Crippen LogP contribution in [0.5, 0.6) is 0 Å². The standard InChI is InChI=1S/C13H26O3S/c1-12(2,10-16-4)17(14,15)11-13(3)8-6-5-7-9-13/h5-11H2,1-4H3. The van der Waals surface area contributed by atoms with E-state index in [0.717, 1.165) is 25.7 Å². The van der Waals surface area contributed by atoms with Crippen LogP contribution < -0.4 is 0 Å². The second kappa shape index (κ2) is 5.27. The highest BCUT2D eigenvalue weighted by molar-refractivity contribution is 7.92. The Hall–Kier alpha value is -0.0900. The average molecular weight is 262 g/mol. The highest BCUT2D eigenvalue weighted by Gasteiger charge is 2.40. The Morgan fingerprint density at radius 2 is 1.71 bits per heavy atom. The van der Waals surface area contributed by atoms with Gasteiger partial charge in [0, 0.05) is 7.11 Å². The largest absolute Gasteiger partial charge is 0.383 e. The molecule has 0 amide bonds. The van der Waals surface area contributed by atoms with Crippen LogP contribution in [0, 0.1) is 5.41 Å². The Morgan fingerprint density at radius 1 is 1.18 bits per heavy atom. The van der Waals surface area contributed by atoms with Crippen LogP contribution in [0.15, 0.2) is 0 Å². The molecule has 0 aromatic rings. The van der Waals surface area contributed by atoms with Crippen LogP contribution in [0.1, 0.15) is 52.9 Å². The highest BCUT2D eigenvalue weighted by atomic mass is 32.2. The van der Waals surface area contributed by atoms with E-state index in [2.05, 4.69) is 6.92 Å². The van der Waals surface area contributed by atoms with Crippen molar-refractivity contribution in [1.82, 2.24) is 0 Å². The van der Waals surface area contributed by atoms with Crippen molar-refractivity contribution in [2.24, 2.45) is 5.41 Å². The predicted molar refractivity (Wildman–Crippen MR) is 70.9 cm³/mol. The summed E-state index contributed by atoms with van der Waals surface area (Å²) in [4.78, 5) is 0. The minimum absolute atomic E-state index is 0.0257. The number of hydrogen-bond acceptors (Lipinski definition) is 3.